The number of ketones is 1. The molecule has 0 aliphatic carbocycles. The number of hydrogen-bond donors (Lipinski definition) is 1. The first kappa shape index (κ1) is 13.4. The van der Waals surface area contributed by atoms with Crippen molar-refractivity contribution >= 4 is 21.7 Å². The zero-order chi connectivity index (χ0) is 12.0. The van der Waals surface area contributed by atoms with Gasteiger partial charge in [0.25, 0.3) is 0 Å². The molecule has 1 aromatic rings. The minimum atomic E-state index is -0.330. The molecule has 0 aliphatic rings. The molecule has 1 aromatic carbocycles. The number of Topliss-reactive ketones (excluding diaryl/α,β-unsaturated/α-hetero) is 1. The normalized spacial score (nSPS) is 12.4. The highest BCUT2D eigenvalue weighted by molar-refractivity contribution is 9.09. The van der Waals surface area contributed by atoms with E-state index in [0.717, 1.165) is 12.0 Å². The first-order valence-corrected chi connectivity index (χ1v) is 6.55. The summed E-state index contributed by atoms with van der Waals surface area (Å²) in [7, 11) is 0. The van der Waals surface area contributed by atoms with Gasteiger partial charge in [-0.05, 0) is 30.9 Å². The van der Waals surface area contributed by atoms with Crippen molar-refractivity contribution in [2.24, 2.45) is 0 Å². The molecule has 0 aromatic heterocycles. The van der Waals surface area contributed by atoms with E-state index in [1.54, 1.807) is 6.92 Å². The second-order valence-electron chi connectivity index (χ2n) is 4.03. The Kier molecular flexibility index (Phi) is 5.71. The van der Waals surface area contributed by atoms with Crippen molar-refractivity contribution in [2.75, 3.05) is 5.33 Å². The maximum absolute atomic E-state index is 10.8. The summed E-state index contributed by atoms with van der Waals surface area (Å²) in [5.41, 5.74) is 2.30. The second kappa shape index (κ2) is 6.81. The monoisotopic (exact) mass is 284 g/mol. The Labute approximate surface area is 105 Å². The largest absolute Gasteiger partial charge is 0.392 e. The van der Waals surface area contributed by atoms with Gasteiger partial charge in [-0.1, -0.05) is 40.2 Å². The van der Waals surface area contributed by atoms with Crippen LogP contribution in [-0.2, 0) is 17.6 Å². The van der Waals surface area contributed by atoms with E-state index in [2.05, 4.69) is 15.9 Å². The highest BCUT2D eigenvalue weighted by Crippen LogP contribution is 2.09. The highest BCUT2D eigenvalue weighted by atomic mass is 79.9. The fourth-order valence-electron chi connectivity index (χ4n) is 1.49. The number of rotatable bonds is 6. The Morgan fingerprint density at radius 1 is 1.31 bits per heavy atom. The average molecular weight is 285 g/mol. The van der Waals surface area contributed by atoms with E-state index in [4.69, 9.17) is 0 Å². The number of aliphatic hydroxyl groups is 1. The molecule has 0 fully saturated rings. The molecule has 0 saturated heterocycles. The lowest BCUT2D eigenvalue weighted by molar-refractivity contribution is -0.116. The minimum Gasteiger partial charge on any atom is -0.392 e. The lowest BCUT2D eigenvalue weighted by Gasteiger charge is -2.07. The molecule has 0 saturated carbocycles. The van der Waals surface area contributed by atoms with Crippen LogP contribution in [-0.4, -0.2) is 22.3 Å². The summed E-state index contributed by atoms with van der Waals surface area (Å²) in [6.07, 6.45) is 1.74. The fraction of sp³-hybridized carbons (Fsp3) is 0.462. The number of alkyl halides is 1. The Hall–Kier alpha value is -0.670. The first-order chi connectivity index (χ1) is 7.61. The van der Waals surface area contributed by atoms with Gasteiger partial charge in [0.05, 0.1) is 6.10 Å². The Morgan fingerprint density at radius 3 is 2.38 bits per heavy atom. The highest BCUT2D eigenvalue weighted by Gasteiger charge is 2.03. The number of aliphatic hydroxyl groups excluding tert-OH is 1. The SMILES string of the molecule is CC(=O)CCc1ccc(C[C@H](O)CBr)cc1. The van der Waals surface area contributed by atoms with Crippen molar-refractivity contribution in [1.82, 2.24) is 0 Å². The third-order valence-electron chi connectivity index (χ3n) is 2.44. The summed E-state index contributed by atoms with van der Waals surface area (Å²) < 4.78 is 0. The molecular formula is C13H17BrO2. The smallest absolute Gasteiger partial charge is 0.130 e. The second-order valence-corrected chi connectivity index (χ2v) is 4.68. The number of carbonyl (C=O) groups excluding carboxylic acids is 1. The molecule has 88 valence electrons. The van der Waals surface area contributed by atoms with Crippen LogP contribution in [0.2, 0.25) is 0 Å². The van der Waals surface area contributed by atoms with Crippen molar-refractivity contribution in [3.05, 3.63) is 35.4 Å². The van der Waals surface area contributed by atoms with Crippen LogP contribution in [0.15, 0.2) is 24.3 Å². The van der Waals surface area contributed by atoms with Crippen LogP contribution in [0.1, 0.15) is 24.5 Å². The minimum absolute atomic E-state index is 0.221. The van der Waals surface area contributed by atoms with Gasteiger partial charge < -0.3 is 9.90 Å². The molecule has 0 radical (unpaired) electrons. The van der Waals surface area contributed by atoms with E-state index >= 15 is 0 Å². The van der Waals surface area contributed by atoms with E-state index < -0.39 is 0 Å². The summed E-state index contributed by atoms with van der Waals surface area (Å²) in [5.74, 6) is 0.221. The molecule has 0 unspecified atom stereocenters. The zero-order valence-corrected chi connectivity index (χ0v) is 11.0. The van der Waals surface area contributed by atoms with E-state index in [9.17, 15) is 9.90 Å². The van der Waals surface area contributed by atoms with Crippen LogP contribution in [0.3, 0.4) is 0 Å². The van der Waals surface area contributed by atoms with Crippen LogP contribution in [0, 0.1) is 0 Å². The molecular weight excluding hydrogens is 268 g/mol. The number of hydrogen-bond acceptors (Lipinski definition) is 2. The van der Waals surface area contributed by atoms with E-state index in [1.807, 2.05) is 24.3 Å². The molecule has 0 aliphatic heterocycles. The van der Waals surface area contributed by atoms with E-state index in [-0.39, 0.29) is 11.9 Å². The standard InChI is InChI=1S/C13H17BrO2/c1-10(15)2-3-11-4-6-12(7-5-11)8-13(16)9-14/h4-7,13,16H,2-3,8-9H2,1H3/t13-/m0/s1. The molecule has 3 heteroatoms. The summed E-state index contributed by atoms with van der Waals surface area (Å²) in [6, 6.07) is 8.08. The third-order valence-corrected chi connectivity index (χ3v) is 3.19. The molecule has 0 heterocycles. The van der Waals surface area contributed by atoms with Crippen molar-refractivity contribution in [2.45, 2.75) is 32.3 Å². The van der Waals surface area contributed by atoms with Gasteiger partial charge in [-0.3, -0.25) is 0 Å². The third kappa shape index (κ3) is 4.90. The van der Waals surface area contributed by atoms with Gasteiger partial charge in [-0.15, -0.1) is 0 Å². The fourth-order valence-corrected chi connectivity index (χ4v) is 1.72. The lowest BCUT2D eigenvalue weighted by Crippen LogP contribution is -2.11. The van der Waals surface area contributed by atoms with Gasteiger partial charge in [0.1, 0.15) is 5.78 Å². The molecule has 2 nitrogen and oxygen atoms in total. The predicted octanol–water partition coefficient (Wildman–Crippen LogP) is 2.51. The van der Waals surface area contributed by atoms with Crippen molar-refractivity contribution in [3.63, 3.8) is 0 Å². The van der Waals surface area contributed by atoms with Crippen LogP contribution < -0.4 is 0 Å². The molecule has 0 bridgehead atoms. The summed E-state index contributed by atoms with van der Waals surface area (Å²) >= 11 is 3.24. The van der Waals surface area contributed by atoms with Crippen molar-refractivity contribution < 1.29 is 9.90 Å². The van der Waals surface area contributed by atoms with Crippen LogP contribution in [0.4, 0.5) is 0 Å². The van der Waals surface area contributed by atoms with Gasteiger partial charge >= 0.3 is 0 Å². The Bertz CT molecular complexity index is 332. The number of benzene rings is 1. The van der Waals surface area contributed by atoms with Gasteiger partial charge in [0, 0.05) is 11.8 Å². The number of aryl methyl sites for hydroxylation is 1. The van der Waals surface area contributed by atoms with Gasteiger partial charge in [0.15, 0.2) is 0 Å². The predicted molar refractivity (Wildman–Crippen MR) is 68.9 cm³/mol. The van der Waals surface area contributed by atoms with E-state index in [0.29, 0.717) is 18.2 Å². The summed E-state index contributed by atoms with van der Waals surface area (Å²) in [6.45, 7) is 1.61. The molecule has 0 amide bonds. The average Bonchev–Trinajstić information content (AvgIpc) is 2.28. The molecule has 0 spiro atoms. The summed E-state index contributed by atoms with van der Waals surface area (Å²) in [4.78, 5) is 10.8. The first-order valence-electron chi connectivity index (χ1n) is 5.43. The van der Waals surface area contributed by atoms with Gasteiger partial charge in [0.2, 0.25) is 0 Å². The maximum atomic E-state index is 10.8. The number of carbonyl (C=O) groups is 1. The van der Waals surface area contributed by atoms with Crippen molar-refractivity contribution in [3.8, 4) is 0 Å². The zero-order valence-electron chi connectivity index (χ0n) is 9.45. The topological polar surface area (TPSA) is 37.3 Å². The molecule has 1 N–H and O–H groups in total. The molecule has 16 heavy (non-hydrogen) atoms. The van der Waals surface area contributed by atoms with E-state index in [1.165, 1.54) is 5.56 Å². The maximum Gasteiger partial charge on any atom is 0.130 e. The van der Waals surface area contributed by atoms with Gasteiger partial charge in [-0.2, -0.15) is 0 Å². The number of halogens is 1. The van der Waals surface area contributed by atoms with Gasteiger partial charge in [-0.25, -0.2) is 0 Å². The summed E-state index contributed by atoms with van der Waals surface area (Å²) in [5, 5.41) is 10.1. The van der Waals surface area contributed by atoms with Crippen LogP contribution >= 0.6 is 15.9 Å². The molecule has 1 rings (SSSR count). The Balaban J connectivity index is 2.50. The van der Waals surface area contributed by atoms with Crippen LogP contribution in [0.5, 0.6) is 0 Å². The van der Waals surface area contributed by atoms with Crippen molar-refractivity contribution in [1.29, 1.82) is 0 Å². The molecule has 1 atom stereocenters. The lowest BCUT2D eigenvalue weighted by atomic mass is 10.0. The quantitative estimate of drug-likeness (QED) is 0.815. The van der Waals surface area contributed by atoms with Crippen LogP contribution in [0.25, 0.3) is 0 Å². The Morgan fingerprint density at radius 2 is 1.88 bits per heavy atom.